The van der Waals surface area contributed by atoms with Crippen LogP contribution >= 0.6 is 35.1 Å². The maximum Gasteiger partial charge on any atom is 0.490 e. The summed E-state index contributed by atoms with van der Waals surface area (Å²) in [5, 5.41) is 13.7. The molecule has 17 nitrogen and oxygen atoms in total. The molecule has 1 aliphatic rings. The van der Waals surface area contributed by atoms with Gasteiger partial charge in [0.25, 0.3) is 0 Å². The molecule has 0 radical (unpaired) electrons. The van der Waals surface area contributed by atoms with Gasteiger partial charge in [0.2, 0.25) is 0 Å². The van der Waals surface area contributed by atoms with Crippen LogP contribution in [0.15, 0.2) is 11.0 Å². The Hall–Kier alpha value is -0.840. The number of ether oxygens (including phenoxy) is 1. The van der Waals surface area contributed by atoms with Gasteiger partial charge >= 0.3 is 29.2 Å². The molecule has 178 valence electrons. The number of aromatic nitrogens is 3. The number of anilines is 1. The van der Waals surface area contributed by atoms with Gasteiger partial charge in [-0.15, -0.1) is 11.6 Å². The Morgan fingerprint density at radius 2 is 1.87 bits per heavy atom. The van der Waals surface area contributed by atoms with Crippen molar-refractivity contribution in [3.05, 3.63) is 16.7 Å². The number of nitrogens with zero attached hydrogens (tertiary/aromatic N) is 3. The Morgan fingerprint density at radius 1 is 1.26 bits per heavy atom. The topological polar surface area (TPSA) is 263 Å². The Kier molecular flexibility index (Phi) is 7.83. The van der Waals surface area contributed by atoms with Gasteiger partial charge in [-0.05, 0) is 0 Å². The second kappa shape index (κ2) is 9.19. The summed E-state index contributed by atoms with van der Waals surface area (Å²) in [6, 6.07) is 0. The number of alkyl halides is 2. The van der Waals surface area contributed by atoms with Gasteiger partial charge in [-0.1, -0.05) is 0 Å². The van der Waals surface area contributed by atoms with Crippen LogP contribution in [0.1, 0.15) is 6.23 Å². The lowest BCUT2D eigenvalue weighted by Crippen LogP contribution is -2.47. The molecular weight excluding hydrogens is 519 g/mol. The van der Waals surface area contributed by atoms with Crippen LogP contribution in [-0.4, -0.2) is 69.8 Å². The molecule has 1 aromatic heterocycles. The van der Waals surface area contributed by atoms with Gasteiger partial charge in [-0.25, -0.2) is 22.9 Å². The summed E-state index contributed by atoms with van der Waals surface area (Å²) < 4.78 is 65.3. The Bertz CT molecular complexity index is 1020. The van der Waals surface area contributed by atoms with Crippen LogP contribution in [-0.2, 0) is 31.6 Å². The zero-order valence-corrected chi connectivity index (χ0v) is 18.2. The third-order valence-electron chi connectivity index (χ3n) is 3.56. The van der Waals surface area contributed by atoms with Crippen molar-refractivity contribution >= 4 is 40.9 Å². The zero-order chi connectivity index (χ0) is 23.8. The zero-order valence-electron chi connectivity index (χ0n) is 14.7. The highest BCUT2D eigenvalue weighted by molar-refractivity contribution is 7.66. The first-order valence-corrected chi connectivity index (χ1v) is 12.6. The van der Waals surface area contributed by atoms with E-state index in [4.69, 9.17) is 36.8 Å². The quantitative estimate of drug-likeness (QED) is 0.160. The number of aliphatic hydroxyl groups excluding tert-OH is 1. The molecule has 6 atom stereocenters. The van der Waals surface area contributed by atoms with Crippen molar-refractivity contribution in [2.24, 2.45) is 0 Å². The van der Waals surface area contributed by atoms with Gasteiger partial charge in [0.15, 0.2) is 12.4 Å². The first-order chi connectivity index (χ1) is 14.0. The standard InChI is InChI=1S/C9H15ClFN4O13P3/c10-2-9(3-25-30(21,22)28-31(23,24)27-29(18,19)20)6(16)5(11)7(26-9)15-8(17)14-4(12)1-13-15/h1,5-7,16H,2-3H2,(H,21,22)(H,23,24)(H2,12,14,17)(H2,18,19,20)/t5-,6+,7-,9-/m1/s1. The number of nitrogens with two attached hydrogens (primary N) is 1. The van der Waals surface area contributed by atoms with Gasteiger partial charge < -0.3 is 35.2 Å². The van der Waals surface area contributed by atoms with Crippen molar-refractivity contribution in [1.82, 2.24) is 14.8 Å². The van der Waals surface area contributed by atoms with Crippen LogP contribution in [0, 0.1) is 0 Å². The fourth-order valence-electron chi connectivity index (χ4n) is 2.30. The Morgan fingerprint density at radius 3 is 2.39 bits per heavy atom. The number of halogens is 2. The molecule has 2 unspecified atom stereocenters. The minimum Gasteiger partial charge on any atom is -0.387 e. The van der Waals surface area contributed by atoms with E-state index in [1.165, 1.54) is 0 Å². The summed E-state index contributed by atoms with van der Waals surface area (Å²) in [5.41, 5.74) is 1.78. The van der Waals surface area contributed by atoms with Crippen molar-refractivity contribution in [2.45, 2.75) is 24.1 Å². The molecule has 1 aromatic rings. The lowest BCUT2D eigenvalue weighted by Gasteiger charge is -2.29. The van der Waals surface area contributed by atoms with E-state index in [9.17, 15) is 32.9 Å². The molecule has 0 amide bonds. The molecule has 1 fully saturated rings. The molecule has 22 heteroatoms. The molecule has 2 heterocycles. The van der Waals surface area contributed by atoms with E-state index in [1.54, 1.807) is 0 Å². The predicted octanol–water partition coefficient (Wildman–Crippen LogP) is -1.23. The van der Waals surface area contributed by atoms with Gasteiger partial charge in [0.05, 0.1) is 18.7 Å². The molecule has 7 N–H and O–H groups in total. The number of phosphoric ester groups is 1. The van der Waals surface area contributed by atoms with Crippen LogP contribution in [0.3, 0.4) is 0 Å². The van der Waals surface area contributed by atoms with Gasteiger partial charge in [0.1, 0.15) is 17.5 Å². The average Bonchev–Trinajstić information content (AvgIpc) is 2.82. The van der Waals surface area contributed by atoms with Crippen LogP contribution in [0.5, 0.6) is 0 Å². The average molecular weight is 535 g/mol. The summed E-state index contributed by atoms with van der Waals surface area (Å²) >= 11 is 5.67. The summed E-state index contributed by atoms with van der Waals surface area (Å²) in [7, 11) is -17.1. The van der Waals surface area contributed by atoms with Crippen LogP contribution in [0.4, 0.5) is 10.2 Å². The second-order valence-electron chi connectivity index (χ2n) is 5.87. The maximum atomic E-state index is 14.6. The minimum atomic E-state index is -5.81. The fourth-order valence-corrected chi connectivity index (χ4v) is 5.68. The molecule has 0 aromatic carbocycles. The Balaban J connectivity index is 2.20. The molecule has 0 aliphatic carbocycles. The van der Waals surface area contributed by atoms with Crippen LogP contribution in [0.25, 0.3) is 0 Å². The fraction of sp³-hybridized carbons (Fsp3) is 0.667. The third kappa shape index (κ3) is 6.58. The second-order valence-corrected chi connectivity index (χ2v) is 10.6. The monoisotopic (exact) mass is 534 g/mol. The maximum absolute atomic E-state index is 14.6. The number of phosphoric acid groups is 3. The van der Waals surface area contributed by atoms with Gasteiger partial charge in [-0.2, -0.15) is 23.4 Å². The van der Waals surface area contributed by atoms with E-state index in [0.717, 1.165) is 6.20 Å². The molecule has 31 heavy (non-hydrogen) atoms. The number of hydrogen-bond donors (Lipinski definition) is 6. The lowest BCUT2D eigenvalue weighted by molar-refractivity contribution is -0.116. The Labute approximate surface area is 175 Å². The van der Waals surface area contributed by atoms with E-state index in [2.05, 4.69) is 23.2 Å². The molecule has 0 bridgehead atoms. The van der Waals surface area contributed by atoms with E-state index in [-0.39, 0.29) is 5.82 Å². The SMILES string of the molecule is Nc1cnn([C@@H]2O[C@](CCl)(COP(=O)(O)OP(=O)(O)OP(=O)(O)O)[C@@H](O)[C@H]2F)c(=O)n1. The van der Waals surface area contributed by atoms with Gasteiger partial charge in [-0.3, -0.25) is 4.52 Å². The summed E-state index contributed by atoms with van der Waals surface area (Å²) in [4.78, 5) is 50.7. The molecule has 1 aliphatic heterocycles. The van der Waals surface area contributed by atoms with Crippen molar-refractivity contribution in [3.63, 3.8) is 0 Å². The summed E-state index contributed by atoms with van der Waals surface area (Å²) in [6.45, 7) is -1.27. The molecule has 0 saturated carbocycles. The van der Waals surface area contributed by atoms with Crippen molar-refractivity contribution < 1.29 is 60.6 Å². The van der Waals surface area contributed by atoms with E-state index < -0.39 is 65.7 Å². The number of hydrogen-bond acceptors (Lipinski definition) is 12. The smallest absolute Gasteiger partial charge is 0.387 e. The molecule has 1 saturated heterocycles. The normalized spacial score (nSPS) is 30.6. The van der Waals surface area contributed by atoms with Crippen molar-refractivity contribution in [1.29, 1.82) is 0 Å². The predicted molar refractivity (Wildman–Crippen MR) is 95.0 cm³/mol. The molecular formula is C9H15ClFN4O13P3. The number of rotatable bonds is 9. The molecule has 0 spiro atoms. The lowest BCUT2D eigenvalue weighted by atomic mass is 9.99. The van der Waals surface area contributed by atoms with Crippen LogP contribution < -0.4 is 11.4 Å². The largest absolute Gasteiger partial charge is 0.490 e. The van der Waals surface area contributed by atoms with Gasteiger partial charge in [0, 0.05) is 0 Å². The van der Waals surface area contributed by atoms with E-state index in [0.29, 0.717) is 4.68 Å². The molecule has 2 rings (SSSR count). The first kappa shape index (κ1) is 26.4. The third-order valence-corrected chi connectivity index (χ3v) is 7.79. The summed E-state index contributed by atoms with van der Waals surface area (Å²) in [6.07, 6.45) is -5.64. The highest BCUT2D eigenvalue weighted by Gasteiger charge is 2.57. The van der Waals surface area contributed by atoms with Crippen molar-refractivity contribution in [2.75, 3.05) is 18.2 Å². The highest BCUT2D eigenvalue weighted by atomic mass is 35.5. The first-order valence-electron chi connectivity index (χ1n) is 7.56. The van der Waals surface area contributed by atoms with Crippen molar-refractivity contribution in [3.8, 4) is 0 Å². The summed E-state index contributed by atoms with van der Waals surface area (Å²) in [5.74, 6) is -1.11. The van der Waals surface area contributed by atoms with E-state index >= 15 is 0 Å². The number of nitrogen functional groups attached to an aromatic ring is 1. The highest BCUT2D eigenvalue weighted by Crippen LogP contribution is 2.66. The minimum absolute atomic E-state index is 0.300. The van der Waals surface area contributed by atoms with Crippen LogP contribution in [0.2, 0.25) is 0 Å². The van der Waals surface area contributed by atoms with E-state index in [1.807, 2.05) is 0 Å². The number of aliphatic hydroxyl groups is 1.